The third-order valence-corrected chi connectivity index (χ3v) is 4.40. The van der Waals surface area contributed by atoms with E-state index in [-0.39, 0.29) is 6.61 Å². The Hall–Kier alpha value is -0.580. The van der Waals surface area contributed by atoms with E-state index in [0.29, 0.717) is 6.04 Å². The number of nitrogens with two attached hydrogens (primary N) is 1. The van der Waals surface area contributed by atoms with E-state index in [4.69, 9.17) is 5.73 Å². The van der Waals surface area contributed by atoms with Gasteiger partial charge in [0.2, 0.25) is 0 Å². The van der Waals surface area contributed by atoms with Crippen molar-refractivity contribution < 1.29 is 5.11 Å². The molecule has 0 amide bonds. The van der Waals surface area contributed by atoms with Crippen LogP contribution >= 0.6 is 15.9 Å². The van der Waals surface area contributed by atoms with Crippen molar-refractivity contribution in [1.29, 1.82) is 0 Å². The van der Waals surface area contributed by atoms with Gasteiger partial charge in [-0.2, -0.15) is 0 Å². The number of halogens is 1. The highest BCUT2D eigenvalue weighted by Gasteiger charge is 2.22. The minimum atomic E-state index is 0.225. The van der Waals surface area contributed by atoms with Crippen LogP contribution in [-0.2, 0) is 6.54 Å². The summed E-state index contributed by atoms with van der Waals surface area (Å²) in [6.45, 7) is 1.85. The number of rotatable bonds is 5. The maximum Gasteiger partial charge on any atom is 0.0558 e. The van der Waals surface area contributed by atoms with Gasteiger partial charge in [-0.3, -0.25) is 4.90 Å². The van der Waals surface area contributed by atoms with Gasteiger partial charge in [-0.25, -0.2) is 0 Å². The van der Waals surface area contributed by atoms with E-state index < -0.39 is 0 Å². The van der Waals surface area contributed by atoms with Crippen molar-refractivity contribution in [1.82, 2.24) is 4.90 Å². The summed E-state index contributed by atoms with van der Waals surface area (Å²) in [5.74, 6) is 0. The summed E-state index contributed by atoms with van der Waals surface area (Å²) in [6, 6.07) is 6.74. The zero-order valence-corrected chi connectivity index (χ0v) is 12.2. The second kappa shape index (κ2) is 6.55. The molecular formula is C14H21BrN2O. The summed E-state index contributed by atoms with van der Waals surface area (Å²) in [5, 5.41) is 9.20. The molecule has 0 atom stereocenters. The standard InChI is InChI=1S/C14H21BrN2O/c15-13-6-5-11(9-14(13)16)10-17(7-8-18)12-3-1-2-4-12/h5-6,9,12,18H,1-4,7-8,10,16H2. The molecule has 1 aromatic rings. The molecule has 0 saturated heterocycles. The maximum absolute atomic E-state index is 9.20. The number of aliphatic hydroxyl groups excluding tert-OH is 1. The van der Waals surface area contributed by atoms with Crippen molar-refractivity contribution in [2.24, 2.45) is 0 Å². The number of hydrogen-bond donors (Lipinski definition) is 2. The largest absolute Gasteiger partial charge is 0.398 e. The molecule has 0 aromatic heterocycles. The first-order valence-electron chi connectivity index (χ1n) is 6.59. The lowest BCUT2D eigenvalue weighted by molar-refractivity contribution is 0.145. The molecule has 4 heteroatoms. The molecule has 1 fully saturated rings. The van der Waals surface area contributed by atoms with Crippen molar-refractivity contribution >= 4 is 21.6 Å². The van der Waals surface area contributed by atoms with E-state index in [9.17, 15) is 5.11 Å². The van der Waals surface area contributed by atoms with Gasteiger partial charge in [0.1, 0.15) is 0 Å². The lowest BCUT2D eigenvalue weighted by atomic mass is 10.1. The number of nitrogens with zero attached hydrogens (tertiary/aromatic N) is 1. The van der Waals surface area contributed by atoms with Crippen molar-refractivity contribution in [2.75, 3.05) is 18.9 Å². The quantitative estimate of drug-likeness (QED) is 0.822. The molecule has 3 N–H and O–H groups in total. The van der Waals surface area contributed by atoms with Crippen LogP contribution in [0, 0.1) is 0 Å². The fourth-order valence-electron chi connectivity index (χ4n) is 2.71. The highest BCUT2D eigenvalue weighted by molar-refractivity contribution is 9.10. The van der Waals surface area contributed by atoms with Crippen LogP contribution in [0.3, 0.4) is 0 Å². The van der Waals surface area contributed by atoms with Crippen LogP contribution in [0.25, 0.3) is 0 Å². The molecule has 1 aliphatic rings. The number of aliphatic hydroxyl groups is 1. The predicted molar refractivity (Wildman–Crippen MR) is 78.3 cm³/mol. The van der Waals surface area contributed by atoms with Crippen molar-refractivity contribution in [3.05, 3.63) is 28.2 Å². The van der Waals surface area contributed by atoms with Crippen LogP contribution in [0.5, 0.6) is 0 Å². The van der Waals surface area contributed by atoms with Gasteiger partial charge < -0.3 is 10.8 Å². The molecule has 0 unspecified atom stereocenters. The van der Waals surface area contributed by atoms with E-state index in [1.165, 1.54) is 31.2 Å². The van der Waals surface area contributed by atoms with Gasteiger partial charge in [0.15, 0.2) is 0 Å². The van der Waals surface area contributed by atoms with E-state index in [1.54, 1.807) is 0 Å². The Labute approximate surface area is 117 Å². The molecule has 1 saturated carbocycles. The fourth-order valence-corrected chi connectivity index (χ4v) is 2.96. The first-order chi connectivity index (χ1) is 8.70. The Kier molecular flexibility index (Phi) is 5.03. The van der Waals surface area contributed by atoms with Crippen LogP contribution in [0.4, 0.5) is 5.69 Å². The normalized spacial score (nSPS) is 16.6. The highest BCUT2D eigenvalue weighted by atomic mass is 79.9. The average Bonchev–Trinajstić information content (AvgIpc) is 2.87. The topological polar surface area (TPSA) is 49.5 Å². The van der Waals surface area contributed by atoms with Gasteiger partial charge in [-0.1, -0.05) is 18.9 Å². The molecule has 3 nitrogen and oxygen atoms in total. The summed E-state index contributed by atoms with van der Waals surface area (Å²) in [4.78, 5) is 2.38. The molecule has 0 heterocycles. The van der Waals surface area contributed by atoms with E-state index in [0.717, 1.165) is 23.2 Å². The number of nitrogen functional groups attached to an aromatic ring is 1. The molecule has 1 aliphatic carbocycles. The molecule has 0 aliphatic heterocycles. The van der Waals surface area contributed by atoms with Crippen LogP contribution in [0.1, 0.15) is 31.2 Å². The second-order valence-corrected chi connectivity index (χ2v) is 5.84. The lowest BCUT2D eigenvalue weighted by Gasteiger charge is -2.28. The Morgan fingerprint density at radius 3 is 2.67 bits per heavy atom. The minimum Gasteiger partial charge on any atom is -0.398 e. The first-order valence-corrected chi connectivity index (χ1v) is 7.39. The first kappa shape index (κ1) is 13.8. The van der Waals surface area contributed by atoms with Crippen LogP contribution in [0.15, 0.2) is 22.7 Å². The zero-order valence-electron chi connectivity index (χ0n) is 10.6. The Balaban J connectivity index is 2.04. The van der Waals surface area contributed by atoms with Gasteiger partial charge in [0.25, 0.3) is 0 Å². The molecule has 0 spiro atoms. The lowest BCUT2D eigenvalue weighted by Crippen LogP contribution is -2.35. The van der Waals surface area contributed by atoms with Gasteiger partial charge in [0, 0.05) is 29.3 Å². The maximum atomic E-state index is 9.20. The highest BCUT2D eigenvalue weighted by Crippen LogP contribution is 2.26. The minimum absolute atomic E-state index is 0.225. The molecule has 100 valence electrons. The van der Waals surface area contributed by atoms with E-state index in [2.05, 4.69) is 26.9 Å². The number of anilines is 1. The Morgan fingerprint density at radius 2 is 2.06 bits per heavy atom. The van der Waals surface area contributed by atoms with E-state index >= 15 is 0 Å². The zero-order chi connectivity index (χ0) is 13.0. The summed E-state index contributed by atoms with van der Waals surface area (Å²) < 4.78 is 0.945. The van der Waals surface area contributed by atoms with Gasteiger partial charge in [0.05, 0.1) is 6.61 Å². The summed E-state index contributed by atoms with van der Waals surface area (Å²) in [6.07, 6.45) is 5.14. The van der Waals surface area contributed by atoms with Gasteiger partial charge >= 0.3 is 0 Å². The average molecular weight is 313 g/mol. The van der Waals surface area contributed by atoms with Gasteiger partial charge in [-0.05, 0) is 46.5 Å². The van der Waals surface area contributed by atoms with Crippen LogP contribution < -0.4 is 5.73 Å². The number of benzene rings is 1. The summed E-state index contributed by atoms with van der Waals surface area (Å²) >= 11 is 3.41. The van der Waals surface area contributed by atoms with Gasteiger partial charge in [-0.15, -0.1) is 0 Å². The third-order valence-electron chi connectivity index (χ3n) is 3.67. The second-order valence-electron chi connectivity index (χ2n) is 4.99. The molecule has 0 bridgehead atoms. The van der Waals surface area contributed by atoms with Crippen molar-refractivity contribution in [2.45, 2.75) is 38.3 Å². The molecule has 2 rings (SSSR count). The Bertz CT molecular complexity index is 391. The fraction of sp³-hybridized carbons (Fsp3) is 0.571. The summed E-state index contributed by atoms with van der Waals surface area (Å²) in [7, 11) is 0. The summed E-state index contributed by atoms with van der Waals surface area (Å²) in [5.41, 5.74) is 7.91. The smallest absolute Gasteiger partial charge is 0.0558 e. The molecule has 18 heavy (non-hydrogen) atoms. The monoisotopic (exact) mass is 312 g/mol. The van der Waals surface area contributed by atoms with Crippen molar-refractivity contribution in [3.63, 3.8) is 0 Å². The van der Waals surface area contributed by atoms with Crippen LogP contribution in [-0.4, -0.2) is 29.2 Å². The van der Waals surface area contributed by atoms with Crippen LogP contribution in [0.2, 0.25) is 0 Å². The molecule has 0 radical (unpaired) electrons. The number of hydrogen-bond acceptors (Lipinski definition) is 3. The Morgan fingerprint density at radius 1 is 1.33 bits per heavy atom. The predicted octanol–water partition coefficient (Wildman–Crippen LogP) is 2.77. The van der Waals surface area contributed by atoms with Crippen molar-refractivity contribution in [3.8, 4) is 0 Å². The molecule has 1 aromatic carbocycles. The SMILES string of the molecule is Nc1cc(CN(CCO)C2CCCC2)ccc1Br. The molecular weight excluding hydrogens is 292 g/mol. The van der Waals surface area contributed by atoms with E-state index in [1.807, 2.05) is 12.1 Å². The third kappa shape index (κ3) is 3.46.